The molecule has 3 aromatic rings. The number of morpholine rings is 1. The number of carbonyl (C=O) groups excluding carboxylic acids is 1. The van der Waals surface area contributed by atoms with E-state index >= 15 is 0 Å². The van der Waals surface area contributed by atoms with Gasteiger partial charge in [-0.25, -0.2) is 8.78 Å². The molecule has 1 amide bonds. The maximum absolute atomic E-state index is 13.8. The Bertz CT molecular complexity index is 1140. The summed E-state index contributed by atoms with van der Waals surface area (Å²) in [5.74, 6) is -3.00. The highest BCUT2D eigenvalue weighted by atomic mass is 35.5. The summed E-state index contributed by atoms with van der Waals surface area (Å²) in [6.07, 6.45) is 0. The summed E-state index contributed by atoms with van der Waals surface area (Å²) in [5, 5.41) is 4.18. The van der Waals surface area contributed by atoms with Crippen LogP contribution in [0.15, 0.2) is 54.6 Å². The molecule has 0 saturated carbocycles. The van der Waals surface area contributed by atoms with Crippen LogP contribution in [-0.4, -0.2) is 50.3 Å². The van der Waals surface area contributed by atoms with Gasteiger partial charge >= 0.3 is 0 Å². The Morgan fingerprint density at radius 2 is 1.82 bits per heavy atom. The standard InChI is InChI=1S/C25H25ClF2N2O3/c1-25(27,28)20-8-4-7-19(23(20)26)24(31)29-21-9-10-22(18-6-3-2-5-17(18)21)33-16-13-30-11-14-32-15-12-30/h2-10H,11-16H2,1H3,(H,29,31). The van der Waals surface area contributed by atoms with Crippen LogP contribution in [0, 0.1) is 0 Å². The van der Waals surface area contributed by atoms with E-state index in [1.54, 1.807) is 12.1 Å². The van der Waals surface area contributed by atoms with Crippen LogP contribution < -0.4 is 10.1 Å². The monoisotopic (exact) mass is 474 g/mol. The summed E-state index contributed by atoms with van der Waals surface area (Å²) in [6.45, 7) is 5.34. The second-order valence-electron chi connectivity index (χ2n) is 7.97. The predicted octanol–water partition coefficient (Wildman–Crippen LogP) is 5.57. The molecule has 0 spiro atoms. The second-order valence-corrected chi connectivity index (χ2v) is 8.35. The lowest BCUT2D eigenvalue weighted by Crippen LogP contribution is -2.38. The van der Waals surface area contributed by atoms with E-state index in [1.807, 2.05) is 24.3 Å². The first kappa shape index (κ1) is 23.4. The predicted molar refractivity (Wildman–Crippen MR) is 126 cm³/mol. The number of nitrogens with one attached hydrogen (secondary N) is 1. The summed E-state index contributed by atoms with van der Waals surface area (Å²) in [4.78, 5) is 15.2. The van der Waals surface area contributed by atoms with E-state index in [1.165, 1.54) is 18.2 Å². The van der Waals surface area contributed by atoms with Crippen molar-refractivity contribution >= 4 is 34.0 Å². The molecule has 1 aliphatic rings. The molecule has 0 bridgehead atoms. The van der Waals surface area contributed by atoms with Crippen LogP contribution in [0.2, 0.25) is 5.02 Å². The lowest BCUT2D eigenvalue weighted by atomic mass is 10.0. The fraction of sp³-hybridized carbons (Fsp3) is 0.320. The molecular formula is C25H25ClF2N2O3. The van der Waals surface area contributed by atoms with Crippen LogP contribution in [-0.2, 0) is 10.7 Å². The minimum atomic E-state index is -3.15. The van der Waals surface area contributed by atoms with Crippen molar-refractivity contribution in [2.24, 2.45) is 0 Å². The topological polar surface area (TPSA) is 50.8 Å². The maximum Gasteiger partial charge on any atom is 0.271 e. The molecule has 4 rings (SSSR count). The third-order valence-electron chi connectivity index (χ3n) is 5.62. The van der Waals surface area contributed by atoms with Crippen LogP contribution in [0.5, 0.6) is 5.75 Å². The third-order valence-corrected chi connectivity index (χ3v) is 6.02. The lowest BCUT2D eigenvalue weighted by molar-refractivity contribution is 0.0175. The molecule has 174 valence electrons. The zero-order valence-corrected chi connectivity index (χ0v) is 19.0. The Morgan fingerprint density at radius 3 is 2.55 bits per heavy atom. The van der Waals surface area contributed by atoms with Crippen LogP contribution >= 0.6 is 11.6 Å². The molecule has 0 radical (unpaired) electrons. The van der Waals surface area contributed by atoms with Crippen LogP contribution in [0.4, 0.5) is 14.5 Å². The highest BCUT2D eigenvalue weighted by molar-refractivity contribution is 6.35. The van der Waals surface area contributed by atoms with Crippen LogP contribution in [0.3, 0.4) is 0 Å². The van der Waals surface area contributed by atoms with Gasteiger partial charge in [0.05, 0.1) is 23.8 Å². The Morgan fingerprint density at radius 1 is 1.09 bits per heavy atom. The van der Waals surface area contributed by atoms with Gasteiger partial charge in [0.25, 0.3) is 11.8 Å². The van der Waals surface area contributed by atoms with Gasteiger partial charge in [-0.1, -0.05) is 48.0 Å². The van der Waals surface area contributed by atoms with Gasteiger partial charge in [0.1, 0.15) is 12.4 Å². The average molecular weight is 475 g/mol. The number of rotatable bonds is 7. The summed E-state index contributed by atoms with van der Waals surface area (Å²) in [5.41, 5.74) is 0.150. The van der Waals surface area contributed by atoms with Gasteiger partial charge in [-0.15, -0.1) is 0 Å². The fourth-order valence-electron chi connectivity index (χ4n) is 3.85. The molecule has 1 saturated heterocycles. The maximum atomic E-state index is 13.8. The van der Waals surface area contributed by atoms with Gasteiger partial charge in [0.2, 0.25) is 0 Å². The van der Waals surface area contributed by atoms with Crippen molar-refractivity contribution in [2.45, 2.75) is 12.8 Å². The highest BCUT2D eigenvalue weighted by Gasteiger charge is 2.29. The summed E-state index contributed by atoms with van der Waals surface area (Å²) in [6, 6.07) is 15.1. The van der Waals surface area contributed by atoms with Crippen LogP contribution in [0.25, 0.3) is 10.8 Å². The number of nitrogens with zero attached hydrogens (tertiary/aromatic N) is 1. The largest absolute Gasteiger partial charge is 0.492 e. The van der Waals surface area contributed by atoms with E-state index in [0.717, 1.165) is 50.5 Å². The fourth-order valence-corrected chi connectivity index (χ4v) is 4.23. The van der Waals surface area contributed by atoms with Crippen molar-refractivity contribution in [3.05, 3.63) is 70.7 Å². The Hall–Kier alpha value is -2.74. The number of ether oxygens (including phenoxy) is 2. The highest BCUT2D eigenvalue weighted by Crippen LogP contribution is 2.36. The van der Waals surface area contributed by atoms with Crippen molar-refractivity contribution in [2.75, 3.05) is 44.8 Å². The van der Waals surface area contributed by atoms with Crippen molar-refractivity contribution in [1.82, 2.24) is 4.90 Å². The molecule has 0 unspecified atom stereocenters. The van der Waals surface area contributed by atoms with E-state index in [-0.39, 0.29) is 16.1 Å². The molecule has 1 heterocycles. The minimum Gasteiger partial charge on any atom is -0.492 e. The van der Waals surface area contributed by atoms with Gasteiger partial charge in [0, 0.05) is 48.6 Å². The number of halogens is 3. The van der Waals surface area contributed by atoms with Gasteiger partial charge in [-0.2, -0.15) is 0 Å². The normalized spacial score (nSPS) is 14.9. The van der Waals surface area contributed by atoms with Crippen LogP contribution in [0.1, 0.15) is 22.8 Å². The molecular weight excluding hydrogens is 450 g/mol. The zero-order valence-electron chi connectivity index (χ0n) is 18.2. The Labute approximate surface area is 196 Å². The number of anilines is 1. The molecule has 0 atom stereocenters. The number of benzene rings is 3. The molecule has 1 fully saturated rings. The van der Waals surface area contributed by atoms with E-state index < -0.39 is 11.8 Å². The molecule has 8 heteroatoms. The number of fused-ring (bicyclic) bond motifs is 1. The van der Waals surface area contributed by atoms with E-state index in [0.29, 0.717) is 18.0 Å². The molecule has 1 N–H and O–H groups in total. The summed E-state index contributed by atoms with van der Waals surface area (Å²) < 4.78 is 39.0. The smallest absolute Gasteiger partial charge is 0.271 e. The SMILES string of the molecule is CC(F)(F)c1cccc(C(=O)Nc2ccc(OCCN3CCOCC3)c3ccccc23)c1Cl. The minimum absolute atomic E-state index is 0.00869. The number of carbonyl (C=O) groups is 1. The van der Waals surface area contributed by atoms with Gasteiger partial charge < -0.3 is 14.8 Å². The number of alkyl halides is 2. The number of amides is 1. The summed E-state index contributed by atoms with van der Waals surface area (Å²) >= 11 is 6.15. The first-order chi connectivity index (χ1) is 15.8. The van der Waals surface area contributed by atoms with E-state index in [2.05, 4.69) is 10.2 Å². The first-order valence-electron chi connectivity index (χ1n) is 10.8. The zero-order chi connectivity index (χ0) is 23.4. The van der Waals surface area contributed by atoms with E-state index in [4.69, 9.17) is 21.1 Å². The first-order valence-corrected chi connectivity index (χ1v) is 11.1. The van der Waals surface area contributed by atoms with Crippen molar-refractivity contribution in [1.29, 1.82) is 0 Å². The molecule has 1 aliphatic heterocycles. The quantitative estimate of drug-likeness (QED) is 0.486. The Kier molecular flexibility index (Phi) is 7.12. The molecule has 33 heavy (non-hydrogen) atoms. The molecule has 0 aliphatic carbocycles. The third kappa shape index (κ3) is 5.43. The summed E-state index contributed by atoms with van der Waals surface area (Å²) in [7, 11) is 0. The molecule has 3 aromatic carbocycles. The Balaban J connectivity index is 1.53. The van der Waals surface area contributed by atoms with Crippen molar-refractivity contribution in [3.8, 4) is 5.75 Å². The van der Waals surface area contributed by atoms with Gasteiger partial charge in [-0.3, -0.25) is 9.69 Å². The lowest BCUT2D eigenvalue weighted by Gasteiger charge is -2.26. The second kappa shape index (κ2) is 10.0. The number of hydrogen-bond donors (Lipinski definition) is 1. The average Bonchev–Trinajstić information content (AvgIpc) is 2.80. The van der Waals surface area contributed by atoms with Crippen molar-refractivity contribution in [3.63, 3.8) is 0 Å². The van der Waals surface area contributed by atoms with Crippen molar-refractivity contribution < 1.29 is 23.0 Å². The van der Waals surface area contributed by atoms with Gasteiger partial charge in [0.15, 0.2) is 0 Å². The van der Waals surface area contributed by atoms with Gasteiger partial charge in [-0.05, 0) is 18.2 Å². The molecule has 5 nitrogen and oxygen atoms in total. The molecule has 0 aromatic heterocycles. The number of hydrogen-bond acceptors (Lipinski definition) is 4. The van der Waals surface area contributed by atoms with E-state index in [9.17, 15) is 13.6 Å².